The Balaban J connectivity index is 1.56. The van der Waals surface area contributed by atoms with Gasteiger partial charge in [-0.25, -0.2) is 24.2 Å². The van der Waals surface area contributed by atoms with E-state index in [1.54, 1.807) is 30.1 Å². The van der Waals surface area contributed by atoms with Crippen LogP contribution in [0.3, 0.4) is 0 Å². The molecule has 4 atom stereocenters. The van der Waals surface area contributed by atoms with E-state index in [-0.39, 0.29) is 51.0 Å². The molecular weight excluding hydrogens is 887 g/mol. The second-order valence-corrected chi connectivity index (χ2v) is 18.5. The predicted molar refractivity (Wildman–Crippen MR) is 252 cm³/mol. The number of alkyl carbamates (subject to hydrolysis) is 1. The van der Waals surface area contributed by atoms with Crippen LogP contribution in [0.5, 0.6) is 0 Å². The minimum absolute atomic E-state index is 0.00946. The van der Waals surface area contributed by atoms with Crippen LogP contribution >= 0.6 is 22.7 Å². The molecule has 17 nitrogen and oxygen atoms in total. The summed E-state index contributed by atoms with van der Waals surface area (Å²) in [5.41, 5.74) is 4.09. The highest BCUT2D eigenvalue weighted by atomic mass is 32.1. The lowest BCUT2D eigenvalue weighted by molar-refractivity contribution is -0.160. The summed E-state index contributed by atoms with van der Waals surface area (Å²) in [6, 6.07) is 15.8. The predicted octanol–water partition coefficient (Wildman–Crippen LogP) is 5.59. The highest BCUT2D eigenvalue weighted by molar-refractivity contribution is 7.09. The zero-order valence-electron chi connectivity index (χ0n) is 38.9. The Morgan fingerprint density at radius 1 is 0.758 bits per heavy atom. The molecule has 360 valence electrons. The number of amides is 4. The van der Waals surface area contributed by atoms with Gasteiger partial charge in [-0.1, -0.05) is 88.4 Å². The van der Waals surface area contributed by atoms with Crippen molar-refractivity contribution in [2.75, 3.05) is 60.7 Å². The lowest BCUT2D eigenvalue weighted by Crippen LogP contribution is -2.56. The first-order valence-corrected chi connectivity index (χ1v) is 23.7. The van der Waals surface area contributed by atoms with Crippen LogP contribution in [-0.4, -0.2) is 135 Å². The zero-order valence-corrected chi connectivity index (χ0v) is 40.6. The number of aromatic nitrogens is 2. The number of esters is 2. The van der Waals surface area contributed by atoms with Gasteiger partial charge in [-0.05, 0) is 44.0 Å². The smallest absolute Gasteiger partial charge is 0.407 e. The number of likely N-dealkylation sites (N-methyl/N-ethyl adjacent to an activating group) is 1. The van der Waals surface area contributed by atoms with Crippen molar-refractivity contribution in [3.63, 3.8) is 0 Å². The van der Waals surface area contributed by atoms with Gasteiger partial charge in [0.05, 0.1) is 46.9 Å². The summed E-state index contributed by atoms with van der Waals surface area (Å²) in [6.07, 6.45) is 0.281. The van der Waals surface area contributed by atoms with Gasteiger partial charge in [0.2, 0.25) is 5.91 Å². The highest BCUT2D eigenvalue weighted by Crippen LogP contribution is 2.21. The average Bonchev–Trinajstić information content (AvgIpc) is 3.99. The SMILES string of the molecule is CC(C)c1nc(CN(C)C(=O)NC(C(=O)NC(Cc2ccccc2)CC(OC(=O)COCC(=O)OCCOCCN(C)C)C(Cc2ccccc2)NC(=O)OCc2cncs2)C(C)C)cs1. The van der Waals surface area contributed by atoms with E-state index in [0.717, 1.165) is 33.3 Å². The van der Waals surface area contributed by atoms with Crippen molar-refractivity contribution in [2.24, 2.45) is 5.92 Å². The molecule has 0 fully saturated rings. The van der Waals surface area contributed by atoms with Crippen LogP contribution in [-0.2, 0) is 64.1 Å². The average molecular weight is 952 g/mol. The summed E-state index contributed by atoms with van der Waals surface area (Å²) >= 11 is 2.87. The molecule has 0 aliphatic carbocycles. The van der Waals surface area contributed by atoms with Crippen LogP contribution in [0.2, 0.25) is 0 Å². The topological polar surface area (TPSA) is 200 Å². The third kappa shape index (κ3) is 20.0. The molecule has 4 amide bonds. The summed E-state index contributed by atoms with van der Waals surface area (Å²) in [5.74, 6) is -2.02. The minimum Gasteiger partial charge on any atom is -0.462 e. The van der Waals surface area contributed by atoms with Gasteiger partial charge in [0.15, 0.2) is 0 Å². The van der Waals surface area contributed by atoms with E-state index in [1.165, 1.54) is 16.2 Å². The first-order chi connectivity index (χ1) is 31.7. The van der Waals surface area contributed by atoms with Crippen molar-refractivity contribution >= 4 is 52.6 Å². The molecule has 0 aliphatic heterocycles. The maximum Gasteiger partial charge on any atom is 0.407 e. The van der Waals surface area contributed by atoms with Crippen LogP contribution < -0.4 is 16.0 Å². The van der Waals surface area contributed by atoms with Gasteiger partial charge < -0.3 is 49.4 Å². The maximum absolute atomic E-state index is 14.3. The van der Waals surface area contributed by atoms with E-state index >= 15 is 0 Å². The van der Waals surface area contributed by atoms with Crippen LogP contribution in [0.1, 0.15) is 66.7 Å². The molecule has 19 heteroatoms. The molecule has 2 heterocycles. The Morgan fingerprint density at radius 3 is 2.06 bits per heavy atom. The van der Waals surface area contributed by atoms with E-state index in [2.05, 4.69) is 39.8 Å². The Hall–Kier alpha value is -5.47. The molecule has 0 aliphatic rings. The van der Waals surface area contributed by atoms with E-state index in [0.29, 0.717) is 13.0 Å². The molecule has 0 spiro atoms. The number of nitrogens with one attached hydrogen (secondary N) is 3. The van der Waals surface area contributed by atoms with Gasteiger partial charge in [0.25, 0.3) is 0 Å². The largest absolute Gasteiger partial charge is 0.462 e. The van der Waals surface area contributed by atoms with Crippen LogP contribution in [0, 0.1) is 5.92 Å². The molecule has 0 saturated heterocycles. The normalized spacial score (nSPS) is 13.1. The first-order valence-electron chi connectivity index (χ1n) is 22.0. The fraction of sp³-hybridized carbons (Fsp3) is 0.511. The van der Waals surface area contributed by atoms with Crippen molar-refractivity contribution in [3.8, 4) is 0 Å². The Morgan fingerprint density at radius 2 is 1.44 bits per heavy atom. The maximum atomic E-state index is 14.3. The lowest BCUT2D eigenvalue weighted by Gasteiger charge is -2.32. The molecule has 4 rings (SSSR count). The van der Waals surface area contributed by atoms with Gasteiger partial charge in [-0.15, -0.1) is 22.7 Å². The second-order valence-electron chi connectivity index (χ2n) is 16.6. The summed E-state index contributed by atoms with van der Waals surface area (Å²) < 4.78 is 27.8. The Bertz CT molecular complexity index is 2060. The highest BCUT2D eigenvalue weighted by Gasteiger charge is 2.34. The molecule has 3 N–H and O–H groups in total. The number of urea groups is 1. The molecule has 66 heavy (non-hydrogen) atoms. The third-order valence-electron chi connectivity index (χ3n) is 10.0. The summed E-state index contributed by atoms with van der Waals surface area (Å²) in [6.45, 7) is 8.33. The summed E-state index contributed by atoms with van der Waals surface area (Å²) in [7, 11) is 5.50. The minimum atomic E-state index is -1.08. The van der Waals surface area contributed by atoms with Crippen molar-refractivity contribution in [1.29, 1.82) is 0 Å². The Kier molecular flexibility index (Phi) is 23.0. The molecule has 0 bridgehead atoms. The van der Waals surface area contributed by atoms with Gasteiger partial charge >= 0.3 is 24.1 Å². The van der Waals surface area contributed by atoms with E-state index in [4.69, 9.17) is 23.7 Å². The summed E-state index contributed by atoms with van der Waals surface area (Å²) in [5, 5.41) is 11.9. The fourth-order valence-electron chi connectivity index (χ4n) is 6.52. The number of hydrogen-bond acceptors (Lipinski definition) is 15. The van der Waals surface area contributed by atoms with Crippen LogP contribution in [0.4, 0.5) is 9.59 Å². The lowest BCUT2D eigenvalue weighted by atomic mass is 9.92. The van der Waals surface area contributed by atoms with E-state index < -0.39 is 67.4 Å². The number of rotatable bonds is 28. The van der Waals surface area contributed by atoms with Gasteiger partial charge in [0.1, 0.15) is 38.6 Å². The van der Waals surface area contributed by atoms with Crippen LogP contribution in [0.25, 0.3) is 0 Å². The molecule has 0 saturated carbocycles. The van der Waals surface area contributed by atoms with Gasteiger partial charge in [-0.2, -0.15) is 0 Å². The second kappa shape index (κ2) is 28.5. The number of benzene rings is 2. The fourth-order valence-corrected chi connectivity index (χ4v) is 7.86. The zero-order chi connectivity index (χ0) is 47.8. The van der Waals surface area contributed by atoms with Gasteiger partial charge in [-0.3, -0.25) is 9.78 Å². The van der Waals surface area contributed by atoms with Crippen molar-refractivity contribution < 1.29 is 47.7 Å². The first kappa shape index (κ1) is 53.1. The monoisotopic (exact) mass is 951 g/mol. The number of thiazole rings is 2. The number of carbonyl (C=O) groups excluding carboxylic acids is 5. The summed E-state index contributed by atoms with van der Waals surface area (Å²) in [4.78, 5) is 80.3. The molecule has 4 aromatic rings. The number of ether oxygens (including phenoxy) is 5. The van der Waals surface area contributed by atoms with Crippen LogP contribution in [0.15, 0.2) is 77.8 Å². The molecule has 4 unspecified atom stereocenters. The quantitative estimate of drug-likeness (QED) is 0.0362. The number of nitrogens with zero attached hydrogens (tertiary/aromatic N) is 4. The van der Waals surface area contributed by atoms with E-state index in [1.807, 2.05) is 98.9 Å². The van der Waals surface area contributed by atoms with Crippen molar-refractivity contribution in [2.45, 2.75) is 90.3 Å². The molecule has 2 aromatic heterocycles. The van der Waals surface area contributed by atoms with Crippen molar-refractivity contribution in [1.82, 2.24) is 35.7 Å². The molecule has 2 aromatic carbocycles. The molecular formula is C47H65N7O10S2. The number of carbonyl (C=O) groups is 5. The van der Waals surface area contributed by atoms with E-state index in [9.17, 15) is 24.0 Å². The third-order valence-corrected chi connectivity index (χ3v) is 11.9. The number of hydrogen-bond donors (Lipinski definition) is 3. The van der Waals surface area contributed by atoms with Gasteiger partial charge in [0, 0.05) is 43.5 Å². The molecule has 0 radical (unpaired) electrons. The van der Waals surface area contributed by atoms with Crippen molar-refractivity contribution in [3.05, 3.63) is 104 Å². The Labute approximate surface area is 395 Å². The standard InChI is InChI=1S/C47H65N7O10S2/c1-32(2)43(52-46(58)54(7)26-37-30-65-45(50-37)33(3)4)44(57)49-36(22-34-14-10-8-11-15-34)24-40(64-42(56)29-61-28-41(55)62-21-20-60-19-18-53(5)6)39(23-35-16-12-9-13-17-35)51-47(59)63-27-38-25-48-31-66-38/h8-17,25,30-33,36,39-40,43H,18-24,26-29H2,1-7H3,(H,49,57)(H,51,59)(H,52,58).